The van der Waals surface area contributed by atoms with E-state index in [1.165, 1.54) is 0 Å². The summed E-state index contributed by atoms with van der Waals surface area (Å²) in [6.07, 6.45) is 0.248. The second-order valence-corrected chi connectivity index (χ2v) is 7.95. The van der Waals surface area contributed by atoms with E-state index in [2.05, 4.69) is 5.32 Å². The normalized spacial score (nSPS) is 12.2. The molecule has 150 valence electrons. The predicted molar refractivity (Wildman–Crippen MR) is 111 cm³/mol. The van der Waals surface area contributed by atoms with Crippen molar-refractivity contribution in [2.24, 2.45) is 0 Å². The number of nitrogens with zero attached hydrogens (tertiary/aromatic N) is 1. The van der Waals surface area contributed by atoms with Gasteiger partial charge in [-0.2, -0.15) is 0 Å². The van der Waals surface area contributed by atoms with E-state index < -0.39 is 6.04 Å². The van der Waals surface area contributed by atoms with Crippen molar-refractivity contribution in [3.8, 4) is 5.75 Å². The fourth-order valence-electron chi connectivity index (χ4n) is 2.90. The lowest BCUT2D eigenvalue weighted by atomic mass is 10.1. The SMILES string of the molecule is COc1cccc(CN(C(=O)Cc2ccccc2)[C@@H](C)C(=O)NC(C)(C)C)c1. The smallest absolute Gasteiger partial charge is 0.242 e. The van der Waals surface area contributed by atoms with Crippen molar-refractivity contribution in [3.05, 3.63) is 65.7 Å². The highest BCUT2D eigenvalue weighted by molar-refractivity contribution is 5.88. The molecule has 0 radical (unpaired) electrons. The predicted octanol–water partition coefficient (Wildman–Crippen LogP) is 3.57. The van der Waals surface area contributed by atoms with Crippen LogP contribution in [0.4, 0.5) is 0 Å². The zero-order valence-electron chi connectivity index (χ0n) is 17.4. The fraction of sp³-hybridized carbons (Fsp3) is 0.391. The van der Waals surface area contributed by atoms with E-state index in [-0.39, 0.29) is 23.8 Å². The van der Waals surface area contributed by atoms with Crippen LogP contribution in [0.15, 0.2) is 54.6 Å². The average Bonchev–Trinajstić information content (AvgIpc) is 2.65. The summed E-state index contributed by atoms with van der Waals surface area (Å²) < 4.78 is 5.28. The Bertz CT molecular complexity index is 797. The first kappa shape index (κ1) is 21.5. The molecule has 1 N–H and O–H groups in total. The lowest BCUT2D eigenvalue weighted by Gasteiger charge is -2.31. The van der Waals surface area contributed by atoms with Crippen LogP contribution in [0.1, 0.15) is 38.8 Å². The Labute approximate surface area is 167 Å². The van der Waals surface area contributed by atoms with Crippen LogP contribution in [-0.4, -0.2) is 35.4 Å². The second-order valence-electron chi connectivity index (χ2n) is 7.95. The summed E-state index contributed by atoms with van der Waals surface area (Å²) >= 11 is 0. The maximum Gasteiger partial charge on any atom is 0.242 e. The molecule has 0 aliphatic carbocycles. The average molecular weight is 383 g/mol. The lowest BCUT2D eigenvalue weighted by Crippen LogP contribution is -2.52. The first-order valence-corrected chi connectivity index (χ1v) is 9.48. The summed E-state index contributed by atoms with van der Waals surface area (Å²) in [5.74, 6) is 0.460. The first-order chi connectivity index (χ1) is 13.2. The number of carbonyl (C=O) groups is 2. The van der Waals surface area contributed by atoms with Gasteiger partial charge in [-0.15, -0.1) is 0 Å². The third-order valence-corrected chi connectivity index (χ3v) is 4.35. The van der Waals surface area contributed by atoms with Gasteiger partial charge in [0.05, 0.1) is 13.5 Å². The number of benzene rings is 2. The molecule has 0 aromatic heterocycles. The number of carbonyl (C=O) groups excluding carboxylic acids is 2. The molecule has 2 aromatic rings. The molecule has 0 unspecified atom stereocenters. The van der Waals surface area contributed by atoms with E-state index in [9.17, 15) is 9.59 Å². The lowest BCUT2D eigenvalue weighted by molar-refractivity contribution is -0.140. The third-order valence-electron chi connectivity index (χ3n) is 4.35. The Balaban J connectivity index is 2.25. The number of ether oxygens (including phenoxy) is 1. The first-order valence-electron chi connectivity index (χ1n) is 9.48. The highest BCUT2D eigenvalue weighted by Gasteiger charge is 2.28. The molecule has 0 fully saturated rings. The van der Waals surface area contributed by atoms with Crippen LogP contribution in [0.25, 0.3) is 0 Å². The Morgan fingerprint density at radius 2 is 1.68 bits per heavy atom. The standard InChI is InChI=1S/C23H30N2O3/c1-17(22(27)24-23(2,3)4)25(16-19-12-9-13-20(14-19)28-5)21(26)15-18-10-7-6-8-11-18/h6-14,17H,15-16H2,1-5H3,(H,24,27)/t17-/m0/s1. The number of amides is 2. The highest BCUT2D eigenvalue weighted by Crippen LogP contribution is 2.17. The minimum absolute atomic E-state index is 0.0921. The van der Waals surface area contributed by atoms with Gasteiger partial charge in [-0.3, -0.25) is 9.59 Å². The van der Waals surface area contributed by atoms with Crippen LogP contribution in [0, 0.1) is 0 Å². The Hall–Kier alpha value is -2.82. The molecular formula is C23H30N2O3. The van der Waals surface area contributed by atoms with Crippen molar-refractivity contribution in [1.82, 2.24) is 10.2 Å². The molecule has 5 nitrogen and oxygen atoms in total. The van der Waals surface area contributed by atoms with Crippen LogP contribution in [0.5, 0.6) is 5.75 Å². The number of methoxy groups -OCH3 is 1. The molecule has 0 aliphatic rings. The molecule has 2 amide bonds. The minimum Gasteiger partial charge on any atom is -0.497 e. The number of rotatable bonds is 7. The molecule has 0 aliphatic heterocycles. The van der Waals surface area contributed by atoms with Gasteiger partial charge in [0.25, 0.3) is 0 Å². The zero-order chi connectivity index (χ0) is 20.7. The van der Waals surface area contributed by atoms with Crippen LogP contribution in [0.2, 0.25) is 0 Å². The number of hydrogen-bond donors (Lipinski definition) is 1. The number of nitrogens with one attached hydrogen (secondary N) is 1. The minimum atomic E-state index is -0.596. The molecule has 0 bridgehead atoms. The van der Waals surface area contributed by atoms with Gasteiger partial charge in [-0.1, -0.05) is 42.5 Å². The van der Waals surface area contributed by atoms with E-state index in [0.717, 1.165) is 16.9 Å². The molecule has 0 saturated carbocycles. The second kappa shape index (κ2) is 9.40. The van der Waals surface area contributed by atoms with Gasteiger partial charge in [0.2, 0.25) is 11.8 Å². The van der Waals surface area contributed by atoms with Gasteiger partial charge in [-0.05, 0) is 51.0 Å². The van der Waals surface area contributed by atoms with Crippen molar-refractivity contribution < 1.29 is 14.3 Å². The van der Waals surface area contributed by atoms with Crippen molar-refractivity contribution >= 4 is 11.8 Å². The quantitative estimate of drug-likeness (QED) is 0.796. The summed E-state index contributed by atoms with van der Waals surface area (Å²) in [5.41, 5.74) is 1.47. The Morgan fingerprint density at radius 1 is 1.04 bits per heavy atom. The topological polar surface area (TPSA) is 58.6 Å². The molecule has 1 atom stereocenters. The van der Waals surface area contributed by atoms with Crippen molar-refractivity contribution in [2.45, 2.75) is 52.2 Å². The molecule has 2 rings (SSSR count). The van der Waals surface area contributed by atoms with Gasteiger partial charge in [-0.25, -0.2) is 0 Å². The van der Waals surface area contributed by atoms with E-state index in [4.69, 9.17) is 4.74 Å². The van der Waals surface area contributed by atoms with Crippen molar-refractivity contribution in [2.75, 3.05) is 7.11 Å². The molecule has 5 heteroatoms. The highest BCUT2D eigenvalue weighted by atomic mass is 16.5. The number of hydrogen-bond acceptors (Lipinski definition) is 3. The summed E-state index contributed by atoms with van der Waals surface area (Å²) in [5, 5.41) is 2.97. The van der Waals surface area contributed by atoms with Crippen molar-refractivity contribution in [3.63, 3.8) is 0 Å². The molecule has 28 heavy (non-hydrogen) atoms. The van der Waals surface area contributed by atoms with Gasteiger partial charge in [0.1, 0.15) is 11.8 Å². The molecule has 0 spiro atoms. The zero-order valence-corrected chi connectivity index (χ0v) is 17.4. The van der Waals surface area contributed by atoms with Crippen LogP contribution < -0.4 is 10.1 Å². The van der Waals surface area contributed by atoms with Gasteiger partial charge in [0.15, 0.2) is 0 Å². The fourth-order valence-corrected chi connectivity index (χ4v) is 2.90. The Morgan fingerprint density at radius 3 is 2.29 bits per heavy atom. The van der Waals surface area contributed by atoms with Gasteiger partial charge < -0.3 is 15.0 Å². The molecule has 2 aromatic carbocycles. The Kier molecular flexibility index (Phi) is 7.21. The molecule has 0 heterocycles. The van der Waals surface area contributed by atoms with Crippen LogP contribution >= 0.6 is 0 Å². The van der Waals surface area contributed by atoms with Gasteiger partial charge in [0, 0.05) is 12.1 Å². The van der Waals surface area contributed by atoms with E-state index in [0.29, 0.717) is 6.54 Å². The summed E-state index contributed by atoms with van der Waals surface area (Å²) in [7, 11) is 1.61. The maximum atomic E-state index is 13.1. The molecule has 0 saturated heterocycles. The largest absolute Gasteiger partial charge is 0.497 e. The summed E-state index contributed by atoms with van der Waals surface area (Å²) in [6.45, 7) is 7.88. The van der Waals surface area contributed by atoms with Crippen molar-refractivity contribution in [1.29, 1.82) is 0 Å². The van der Waals surface area contributed by atoms with E-state index >= 15 is 0 Å². The van der Waals surface area contributed by atoms with E-state index in [1.54, 1.807) is 18.9 Å². The maximum absolute atomic E-state index is 13.1. The third kappa shape index (κ3) is 6.41. The summed E-state index contributed by atoms with van der Waals surface area (Å²) in [6, 6.07) is 16.5. The van der Waals surface area contributed by atoms with Crippen LogP contribution in [0.3, 0.4) is 0 Å². The van der Waals surface area contributed by atoms with Gasteiger partial charge >= 0.3 is 0 Å². The summed E-state index contributed by atoms with van der Waals surface area (Å²) in [4.78, 5) is 27.5. The van der Waals surface area contributed by atoms with E-state index in [1.807, 2.05) is 75.4 Å². The monoisotopic (exact) mass is 382 g/mol. The van der Waals surface area contributed by atoms with Crippen LogP contribution in [-0.2, 0) is 22.6 Å². The molecular weight excluding hydrogens is 352 g/mol.